The van der Waals surface area contributed by atoms with E-state index in [1.54, 1.807) is 30.2 Å². The van der Waals surface area contributed by atoms with Gasteiger partial charge in [-0.05, 0) is 30.9 Å². The Hall–Kier alpha value is -2.14. The lowest BCUT2D eigenvalue weighted by atomic mass is 9.97. The summed E-state index contributed by atoms with van der Waals surface area (Å²) in [4.78, 5) is 26.3. The van der Waals surface area contributed by atoms with Crippen molar-refractivity contribution >= 4 is 16.9 Å². The number of likely N-dealkylation sites (tertiary alicyclic amines) is 1. The van der Waals surface area contributed by atoms with Crippen LogP contribution in [0.1, 0.15) is 23.2 Å². The topological polar surface area (TPSA) is 59.8 Å². The van der Waals surface area contributed by atoms with Crippen molar-refractivity contribution in [3.63, 3.8) is 0 Å². The molecule has 1 amide bonds. The highest BCUT2D eigenvalue weighted by Crippen LogP contribution is 2.20. The average molecular weight is 301 g/mol. The zero-order valence-corrected chi connectivity index (χ0v) is 12.6. The van der Waals surface area contributed by atoms with Crippen LogP contribution in [0.15, 0.2) is 39.5 Å². The lowest BCUT2D eigenvalue weighted by Gasteiger charge is -2.31. The highest BCUT2D eigenvalue weighted by molar-refractivity contribution is 5.96. The van der Waals surface area contributed by atoms with Crippen LogP contribution in [0.5, 0.6) is 0 Å². The van der Waals surface area contributed by atoms with Crippen molar-refractivity contribution in [3.05, 3.63) is 46.3 Å². The van der Waals surface area contributed by atoms with Gasteiger partial charge in [0, 0.05) is 32.2 Å². The van der Waals surface area contributed by atoms with Gasteiger partial charge in [0.25, 0.3) is 5.91 Å². The van der Waals surface area contributed by atoms with Gasteiger partial charge in [0.1, 0.15) is 11.1 Å². The van der Waals surface area contributed by atoms with E-state index in [1.807, 2.05) is 12.1 Å². The van der Waals surface area contributed by atoms with Crippen LogP contribution in [0.25, 0.3) is 11.0 Å². The molecule has 0 N–H and O–H groups in total. The molecule has 116 valence electrons. The number of hydrogen-bond acceptors (Lipinski definition) is 4. The van der Waals surface area contributed by atoms with Gasteiger partial charge >= 0.3 is 5.63 Å². The van der Waals surface area contributed by atoms with E-state index in [0.717, 1.165) is 24.8 Å². The van der Waals surface area contributed by atoms with Gasteiger partial charge in [-0.15, -0.1) is 0 Å². The number of piperidine rings is 1. The minimum atomic E-state index is -0.567. The Balaban J connectivity index is 1.81. The Bertz CT molecular complexity index is 729. The second kappa shape index (κ2) is 6.32. The van der Waals surface area contributed by atoms with Crippen LogP contribution in [-0.4, -0.2) is 37.6 Å². The smallest absolute Gasteiger partial charge is 0.349 e. The maximum absolute atomic E-state index is 12.6. The van der Waals surface area contributed by atoms with Crippen molar-refractivity contribution in [2.45, 2.75) is 12.8 Å². The van der Waals surface area contributed by atoms with E-state index in [1.165, 1.54) is 0 Å². The summed E-state index contributed by atoms with van der Waals surface area (Å²) in [5.74, 6) is 0.248. The number of carbonyl (C=O) groups excluding carboxylic acids is 1. The second-order valence-corrected chi connectivity index (χ2v) is 5.68. The molecule has 5 heteroatoms. The third kappa shape index (κ3) is 2.90. The molecule has 0 spiro atoms. The predicted molar refractivity (Wildman–Crippen MR) is 83.0 cm³/mol. The van der Waals surface area contributed by atoms with Crippen molar-refractivity contribution in [2.24, 2.45) is 5.92 Å². The summed E-state index contributed by atoms with van der Waals surface area (Å²) in [6.45, 7) is 2.03. The third-order valence-electron chi connectivity index (χ3n) is 4.18. The number of para-hydroxylation sites is 1. The minimum Gasteiger partial charge on any atom is -0.422 e. The fraction of sp³-hybridized carbons (Fsp3) is 0.412. The number of rotatable bonds is 3. The largest absolute Gasteiger partial charge is 0.422 e. The fourth-order valence-corrected chi connectivity index (χ4v) is 2.92. The SMILES string of the molecule is COCC1CCN(C(=O)c2cc3ccccc3oc2=O)CC1. The molecule has 1 aromatic heterocycles. The second-order valence-electron chi connectivity index (χ2n) is 5.68. The molecule has 1 aliphatic heterocycles. The summed E-state index contributed by atoms with van der Waals surface area (Å²) < 4.78 is 10.4. The first-order valence-electron chi connectivity index (χ1n) is 7.50. The molecular weight excluding hydrogens is 282 g/mol. The van der Waals surface area contributed by atoms with Crippen LogP contribution in [0.2, 0.25) is 0 Å². The van der Waals surface area contributed by atoms with Crippen molar-refractivity contribution in [1.29, 1.82) is 0 Å². The normalized spacial score (nSPS) is 16.1. The van der Waals surface area contributed by atoms with Gasteiger partial charge in [0.15, 0.2) is 0 Å². The highest BCUT2D eigenvalue weighted by atomic mass is 16.5. The van der Waals surface area contributed by atoms with Gasteiger partial charge in [-0.1, -0.05) is 18.2 Å². The Morgan fingerprint density at radius 1 is 1.32 bits per heavy atom. The zero-order valence-electron chi connectivity index (χ0n) is 12.6. The number of fused-ring (bicyclic) bond motifs is 1. The molecule has 22 heavy (non-hydrogen) atoms. The molecule has 2 aromatic rings. The van der Waals surface area contributed by atoms with Gasteiger partial charge in [0.2, 0.25) is 0 Å². The van der Waals surface area contributed by atoms with Gasteiger partial charge in [-0.25, -0.2) is 4.79 Å². The summed E-state index contributed by atoms with van der Waals surface area (Å²) in [5.41, 5.74) is 0.0504. The maximum Gasteiger partial charge on any atom is 0.349 e. The van der Waals surface area contributed by atoms with Crippen LogP contribution in [0.3, 0.4) is 0 Å². The monoisotopic (exact) mass is 301 g/mol. The molecule has 0 atom stereocenters. The van der Waals surface area contributed by atoms with E-state index in [0.29, 0.717) is 24.6 Å². The van der Waals surface area contributed by atoms with Gasteiger partial charge in [-0.3, -0.25) is 4.79 Å². The fourth-order valence-electron chi connectivity index (χ4n) is 2.92. The Morgan fingerprint density at radius 2 is 2.05 bits per heavy atom. The van der Waals surface area contributed by atoms with E-state index in [2.05, 4.69) is 0 Å². The molecule has 5 nitrogen and oxygen atoms in total. The highest BCUT2D eigenvalue weighted by Gasteiger charge is 2.25. The van der Waals surface area contributed by atoms with Crippen molar-refractivity contribution in [2.75, 3.05) is 26.8 Å². The molecule has 1 saturated heterocycles. The number of amides is 1. The summed E-state index contributed by atoms with van der Waals surface area (Å²) in [5, 5.41) is 0.764. The Labute approximate surface area is 128 Å². The van der Waals surface area contributed by atoms with Crippen LogP contribution < -0.4 is 5.63 Å². The minimum absolute atomic E-state index is 0.115. The van der Waals surface area contributed by atoms with E-state index in [-0.39, 0.29) is 11.5 Å². The van der Waals surface area contributed by atoms with E-state index >= 15 is 0 Å². The first kappa shape index (κ1) is 14.8. The molecule has 3 rings (SSSR count). The molecule has 0 unspecified atom stereocenters. The lowest BCUT2D eigenvalue weighted by Crippen LogP contribution is -2.40. The van der Waals surface area contributed by atoms with Crippen molar-refractivity contribution in [1.82, 2.24) is 4.90 Å². The molecule has 1 aliphatic rings. The summed E-state index contributed by atoms with van der Waals surface area (Å²) in [6, 6.07) is 8.84. The van der Waals surface area contributed by atoms with Crippen LogP contribution in [-0.2, 0) is 4.74 Å². The molecule has 1 aromatic carbocycles. The van der Waals surface area contributed by atoms with E-state index < -0.39 is 5.63 Å². The van der Waals surface area contributed by atoms with Crippen molar-refractivity contribution in [3.8, 4) is 0 Å². The third-order valence-corrected chi connectivity index (χ3v) is 4.18. The molecule has 1 fully saturated rings. The van der Waals surface area contributed by atoms with E-state index in [9.17, 15) is 9.59 Å². The molecule has 2 heterocycles. The number of ether oxygens (including phenoxy) is 1. The van der Waals surface area contributed by atoms with Gasteiger partial charge in [-0.2, -0.15) is 0 Å². The summed E-state index contributed by atoms with van der Waals surface area (Å²) >= 11 is 0. The molecule has 0 bridgehead atoms. The van der Waals surface area contributed by atoms with Crippen LogP contribution in [0, 0.1) is 5.92 Å². The number of carbonyl (C=O) groups is 1. The number of nitrogens with zero attached hydrogens (tertiary/aromatic N) is 1. The first-order valence-corrected chi connectivity index (χ1v) is 7.50. The maximum atomic E-state index is 12.6. The van der Waals surface area contributed by atoms with Crippen LogP contribution >= 0.6 is 0 Å². The van der Waals surface area contributed by atoms with E-state index in [4.69, 9.17) is 9.15 Å². The predicted octanol–water partition coefficient (Wildman–Crippen LogP) is 2.29. The molecule has 0 aliphatic carbocycles. The summed E-state index contributed by atoms with van der Waals surface area (Å²) in [7, 11) is 1.69. The standard InChI is InChI=1S/C17H19NO4/c1-21-11-12-6-8-18(9-7-12)16(19)14-10-13-4-2-3-5-15(13)22-17(14)20/h2-5,10,12H,6-9,11H2,1H3. The number of benzene rings is 1. The summed E-state index contributed by atoms with van der Waals surface area (Å²) in [6.07, 6.45) is 1.80. The number of hydrogen-bond donors (Lipinski definition) is 0. The lowest BCUT2D eigenvalue weighted by molar-refractivity contribution is 0.0610. The Morgan fingerprint density at radius 3 is 2.77 bits per heavy atom. The molecule has 0 radical (unpaired) electrons. The molecule has 0 saturated carbocycles. The van der Waals surface area contributed by atoms with Gasteiger partial charge in [0.05, 0.1) is 0 Å². The van der Waals surface area contributed by atoms with Crippen molar-refractivity contribution < 1.29 is 13.9 Å². The first-order chi connectivity index (χ1) is 10.7. The number of methoxy groups -OCH3 is 1. The Kier molecular flexibility index (Phi) is 4.24. The zero-order chi connectivity index (χ0) is 15.5. The average Bonchev–Trinajstić information content (AvgIpc) is 2.54. The van der Waals surface area contributed by atoms with Crippen LogP contribution in [0.4, 0.5) is 0 Å². The molecular formula is C17H19NO4. The quantitative estimate of drug-likeness (QED) is 0.816. The van der Waals surface area contributed by atoms with Gasteiger partial charge < -0.3 is 14.1 Å².